The van der Waals surface area contributed by atoms with Gasteiger partial charge in [0, 0.05) is 53.9 Å². The zero-order chi connectivity index (χ0) is 27.8. The standard InChI is InChI=1S/C30H30ClN5O4/c1-2-40-30(39)24-17-35(28(37)10-19-13-32-26-11-21(31)8-9-22(19)26)14-20-15-36(16-23(20)24)29(38)27-12-25(33-34-27)18-6-4-3-5-7-18/h3-9,11-13,20,23-24,32H,2,10,14-17H2,1H3,(H,33,34). The molecule has 206 valence electrons. The van der Waals surface area contributed by atoms with Crippen LogP contribution in [0.25, 0.3) is 22.2 Å². The quantitative estimate of drug-likeness (QED) is 0.345. The highest BCUT2D eigenvalue weighted by Crippen LogP contribution is 2.37. The van der Waals surface area contributed by atoms with Crippen molar-refractivity contribution in [3.8, 4) is 11.3 Å². The van der Waals surface area contributed by atoms with Gasteiger partial charge >= 0.3 is 5.97 Å². The maximum absolute atomic E-state index is 13.5. The van der Waals surface area contributed by atoms with Crippen LogP contribution in [0.4, 0.5) is 0 Å². The summed E-state index contributed by atoms with van der Waals surface area (Å²) in [6, 6.07) is 17.0. The highest BCUT2D eigenvalue weighted by Gasteiger charge is 2.48. The van der Waals surface area contributed by atoms with E-state index in [0.717, 1.165) is 22.0 Å². The number of carbonyl (C=O) groups excluding carboxylic acids is 3. The molecule has 2 N–H and O–H groups in total. The molecular formula is C30H30ClN5O4. The molecule has 10 heteroatoms. The van der Waals surface area contributed by atoms with E-state index in [4.69, 9.17) is 16.3 Å². The van der Waals surface area contributed by atoms with E-state index in [0.29, 0.717) is 36.0 Å². The summed E-state index contributed by atoms with van der Waals surface area (Å²) in [6.45, 7) is 3.67. The SMILES string of the molecule is CCOC(=O)C1CN(C(=O)Cc2c[nH]c3cc(Cl)ccc23)CC2CN(C(=O)c3cc(-c4ccccc4)n[nH]3)CC21. The molecule has 3 unspecified atom stereocenters. The van der Waals surface area contributed by atoms with Crippen molar-refractivity contribution >= 4 is 40.3 Å². The van der Waals surface area contributed by atoms with E-state index in [1.807, 2.05) is 48.7 Å². The normalized spacial score (nSPS) is 20.5. The van der Waals surface area contributed by atoms with Crippen LogP contribution in [0, 0.1) is 17.8 Å². The number of likely N-dealkylation sites (tertiary alicyclic amines) is 2. The Labute approximate surface area is 236 Å². The van der Waals surface area contributed by atoms with Crippen LogP contribution >= 0.6 is 11.6 Å². The van der Waals surface area contributed by atoms with Crippen LogP contribution in [0.2, 0.25) is 5.02 Å². The van der Waals surface area contributed by atoms with Crippen LogP contribution in [0.1, 0.15) is 23.0 Å². The third-order valence-corrected chi connectivity index (χ3v) is 8.29. The minimum absolute atomic E-state index is 0.0330. The molecule has 0 saturated carbocycles. The average Bonchev–Trinajstić information content (AvgIpc) is 3.71. The summed E-state index contributed by atoms with van der Waals surface area (Å²) in [5, 5.41) is 8.77. The topological polar surface area (TPSA) is 111 Å². The number of hydrogen-bond donors (Lipinski definition) is 2. The van der Waals surface area contributed by atoms with Crippen LogP contribution in [0.15, 0.2) is 60.8 Å². The lowest BCUT2D eigenvalue weighted by atomic mass is 9.79. The summed E-state index contributed by atoms with van der Waals surface area (Å²) >= 11 is 6.11. The van der Waals surface area contributed by atoms with Crippen LogP contribution in [-0.2, 0) is 20.7 Å². The Morgan fingerprint density at radius 1 is 1.02 bits per heavy atom. The van der Waals surface area contributed by atoms with Crippen LogP contribution in [-0.4, -0.2) is 75.6 Å². The van der Waals surface area contributed by atoms with Crippen molar-refractivity contribution in [2.75, 3.05) is 32.8 Å². The molecule has 2 aromatic heterocycles. The molecule has 0 radical (unpaired) electrons. The van der Waals surface area contributed by atoms with Gasteiger partial charge in [0.05, 0.1) is 24.6 Å². The van der Waals surface area contributed by atoms with Crippen molar-refractivity contribution < 1.29 is 19.1 Å². The number of H-pyrrole nitrogens is 2. The maximum atomic E-state index is 13.5. The van der Waals surface area contributed by atoms with Crippen LogP contribution in [0.5, 0.6) is 0 Å². The third-order valence-electron chi connectivity index (χ3n) is 8.06. The van der Waals surface area contributed by atoms with Gasteiger partial charge in [0.2, 0.25) is 5.91 Å². The number of aromatic nitrogens is 3. The number of carbonyl (C=O) groups is 3. The van der Waals surface area contributed by atoms with Gasteiger partial charge in [-0.05, 0) is 42.5 Å². The molecule has 0 bridgehead atoms. The van der Waals surface area contributed by atoms with Crippen molar-refractivity contribution in [3.05, 3.63) is 77.1 Å². The minimum Gasteiger partial charge on any atom is -0.466 e. The number of amides is 2. The number of ether oxygens (including phenoxy) is 1. The second kappa shape index (κ2) is 10.8. The second-order valence-electron chi connectivity index (χ2n) is 10.5. The highest BCUT2D eigenvalue weighted by molar-refractivity contribution is 6.31. The number of aromatic amines is 2. The van der Waals surface area contributed by atoms with Crippen LogP contribution in [0.3, 0.4) is 0 Å². The Balaban J connectivity index is 1.19. The molecule has 0 aliphatic carbocycles. The minimum atomic E-state index is -0.496. The van der Waals surface area contributed by atoms with Gasteiger partial charge in [0.15, 0.2) is 0 Å². The van der Waals surface area contributed by atoms with Gasteiger partial charge in [-0.1, -0.05) is 48.0 Å². The van der Waals surface area contributed by atoms with Gasteiger partial charge in [-0.25, -0.2) is 0 Å². The Bertz CT molecular complexity index is 1560. The van der Waals surface area contributed by atoms with Gasteiger partial charge in [0.25, 0.3) is 5.91 Å². The predicted octanol–water partition coefficient (Wildman–Crippen LogP) is 4.16. The molecule has 4 aromatic rings. The lowest BCUT2D eigenvalue weighted by molar-refractivity contribution is -0.154. The number of benzene rings is 2. The summed E-state index contributed by atoms with van der Waals surface area (Å²) in [5.74, 6) is -1.16. The molecule has 2 aromatic carbocycles. The Morgan fingerprint density at radius 2 is 1.82 bits per heavy atom. The van der Waals surface area contributed by atoms with Gasteiger partial charge in [-0.15, -0.1) is 0 Å². The summed E-state index contributed by atoms with van der Waals surface area (Å²) in [6.07, 6.45) is 2.03. The van der Waals surface area contributed by atoms with Gasteiger partial charge in [0.1, 0.15) is 5.69 Å². The van der Waals surface area contributed by atoms with Gasteiger partial charge < -0.3 is 19.5 Å². The van der Waals surface area contributed by atoms with E-state index < -0.39 is 5.92 Å². The fraction of sp³-hybridized carbons (Fsp3) is 0.333. The molecule has 2 saturated heterocycles. The van der Waals surface area contributed by atoms with Crippen molar-refractivity contribution in [2.24, 2.45) is 17.8 Å². The zero-order valence-corrected chi connectivity index (χ0v) is 22.9. The van der Waals surface area contributed by atoms with Crippen molar-refractivity contribution in [3.63, 3.8) is 0 Å². The summed E-state index contributed by atoms with van der Waals surface area (Å²) in [7, 11) is 0. The first kappa shape index (κ1) is 26.1. The fourth-order valence-corrected chi connectivity index (χ4v) is 6.25. The van der Waals surface area contributed by atoms with Crippen molar-refractivity contribution in [1.29, 1.82) is 0 Å². The maximum Gasteiger partial charge on any atom is 0.311 e. The Kier molecular flexibility index (Phi) is 7.06. The number of piperidine rings is 1. The average molecular weight is 560 g/mol. The van der Waals surface area contributed by atoms with Crippen LogP contribution < -0.4 is 0 Å². The molecule has 2 aliphatic rings. The Hall–Kier alpha value is -4.11. The molecule has 40 heavy (non-hydrogen) atoms. The molecule has 6 rings (SSSR count). The van der Waals surface area contributed by atoms with E-state index in [-0.39, 0.29) is 49.2 Å². The number of hydrogen-bond acceptors (Lipinski definition) is 5. The molecule has 2 fully saturated rings. The summed E-state index contributed by atoms with van der Waals surface area (Å²) in [5.41, 5.74) is 3.77. The predicted molar refractivity (Wildman–Crippen MR) is 151 cm³/mol. The van der Waals surface area contributed by atoms with Gasteiger partial charge in [-0.3, -0.25) is 19.5 Å². The first-order valence-corrected chi connectivity index (χ1v) is 13.9. The molecule has 2 amide bonds. The van der Waals surface area contributed by atoms with Crippen molar-refractivity contribution in [2.45, 2.75) is 13.3 Å². The molecule has 9 nitrogen and oxygen atoms in total. The number of esters is 1. The number of rotatable bonds is 6. The lowest BCUT2D eigenvalue weighted by Gasteiger charge is -2.39. The van der Waals surface area contributed by atoms with Gasteiger partial charge in [-0.2, -0.15) is 5.10 Å². The first-order valence-electron chi connectivity index (χ1n) is 13.5. The fourth-order valence-electron chi connectivity index (χ4n) is 6.08. The van der Waals surface area contributed by atoms with Crippen molar-refractivity contribution in [1.82, 2.24) is 25.0 Å². The highest BCUT2D eigenvalue weighted by atomic mass is 35.5. The second-order valence-corrected chi connectivity index (χ2v) is 10.9. The smallest absolute Gasteiger partial charge is 0.311 e. The molecular weight excluding hydrogens is 530 g/mol. The first-order chi connectivity index (χ1) is 19.4. The largest absolute Gasteiger partial charge is 0.466 e. The van der Waals surface area contributed by atoms with E-state index in [9.17, 15) is 14.4 Å². The number of nitrogens with zero attached hydrogens (tertiary/aromatic N) is 3. The number of fused-ring (bicyclic) bond motifs is 2. The lowest BCUT2D eigenvalue weighted by Crippen LogP contribution is -2.51. The monoisotopic (exact) mass is 559 g/mol. The van der Waals surface area contributed by atoms with E-state index in [2.05, 4.69) is 15.2 Å². The van der Waals surface area contributed by atoms with E-state index >= 15 is 0 Å². The summed E-state index contributed by atoms with van der Waals surface area (Å²) < 4.78 is 5.41. The third kappa shape index (κ3) is 4.97. The zero-order valence-electron chi connectivity index (χ0n) is 22.1. The molecule has 0 spiro atoms. The molecule has 3 atom stereocenters. The molecule has 4 heterocycles. The van der Waals surface area contributed by atoms with E-state index in [1.165, 1.54) is 0 Å². The summed E-state index contributed by atoms with van der Waals surface area (Å²) in [4.78, 5) is 46.7. The van der Waals surface area contributed by atoms with E-state index in [1.54, 1.807) is 28.9 Å². The number of halogens is 1. The number of nitrogens with one attached hydrogen (secondary N) is 2. The molecule has 2 aliphatic heterocycles. The Morgan fingerprint density at radius 3 is 2.62 bits per heavy atom.